The molecule has 2 nitrogen and oxygen atoms in total. The normalized spacial score (nSPS) is 10.7. The summed E-state index contributed by atoms with van der Waals surface area (Å²) >= 11 is 3.40. The molecule has 3 heteroatoms. The van der Waals surface area contributed by atoms with Crippen LogP contribution in [0.2, 0.25) is 0 Å². The summed E-state index contributed by atoms with van der Waals surface area (Å²) in [5, 5.41) is 0.999. The Balaban J connectivity index is 2.12. The van der Waals surface area contributed by atoms with Gasteiger partial charge in [-0.2, -0.15) is 0 Å². The number of carbonyl (C=O) groups excluding carboxylic acids is 1. The monoisotopic (exact) mass is 300 g/mol. The zero-order valence-electron chi connectivity index (χ0n) is 9.39. The van der Waals surface area contributed by atoms with Crippen molar-refractivity contribution in [1.82, 2.24) is 0 Å². The zero-order valence-corrected chi connectivity index (χ0v) is 11.0. The van der Waals surface area contributed by atoms with Gasteiger partial charge in [-0.05, 0) is 24.3 Å². The van der Waals surface area contributed by atoms with Gasteiger partial charge in [0, 0.05) is 21.0 Å². The van der Waals surface area contributed by atoms with Crippen LogP contribution in [0.15, 0.2) is 57.4 Å². The standard InChI is InChI=1S/C15H9BrO2/c16-13-5-3-11(4-6-13)15-8-12-2-1-10(9-17)7-14(12)18-15/h1-9H. The lowest BCUT2D eigenvalue weighted by Gasteiger charge is -1.95. The summed E-state index contributed by atoms with van der Waals surface area (Å²) in [6.45, 7) is 0. The Morgan fingerprint density at radius 3 is 2.50 bits per heavy atom. The highest BCUT2D eigenvalue weighted by Gasteiger charge is 2.06. The summed E-state index contributed by atoms with van der Waals surface area (Å²) in [5.41, 5.74) is 2.37. The van der Waals surface area contributed by atoms with E-state index in [9.17, 15) is 4.79 Å². The van der Waals surface area contributed by atoms with Gasteiger partial charge >= 0.3 is 0 Å². The average Bonchev–Trinajstić information content (AvgIpc) is 2.82. The van der Waals surface area contributed by atoms with E-state index in [-0.39, 0.29) is 0 Å². The summed E-state index contributed by atoms with van der Waals surface area (Å²) in [6, 6.07) is 15.3. The molecule has 0 unspecified atom stereocenters. The molecular formula is C15H9BrO2. The van der Waals surface area contributed by atoms with Gasteiger partial charge in [-0.25, -0.2) is 0 Å². The van der Waals surface area contributed by atoms with Crippen LogP contribution in [0.25, 0.3) is 22.3 Å². The first kappa shape index (κ1) is 11.2. The minimum atomic E-state index is 0.624. The smallest absolute Gasteiger partial charge is 0.150 e. The van der Waals surface area contributed by atoms with Crippen molar-refractivity contribution in [2.24, 2.45) is 0 Å². The molecule has 0 radical (unpaired) electrons. The van der Waals surface area contributed by atoms with Gasteiger partial charge in [-0.15, -0.1) is 0 Å². The number of carbonyl (C=O) groups is 1. The second kappa shape index (κ2) is 4.42. The first-order chi connectivity index (χ1) is 8.76. The largest absolute Gasteiger partial charge is 0.456 e. The molecule has 1 heterocycles. The molecule has 2 aromatic carbocycles. The van der Waals surface area contributed by atoms with Gasteiger partial charge in [-0.3, -0.25) is 4.79 Å². The SMILES string of the molecule is O=Cc1ccc2cc(-c3ccc(Br)cc3)oc2c1. The third-order valence-electron chi connectivity index (χ3n) is 2.81. The number of benzene rings is 2. The van der Waals surface area contributed by atoms with Crippen molar-refractivity contribution in [2.75, 3.05) is 0 Å². The lowest BCUT2D eigenvalue weighted by molar-refractivity contribution is 0.112. The topological polar surface area (TPSA) is 30.2 Å². The van der Waals surface area contributed by atoms with Gasteiger partial charge in [0.2, 0.25) is 0 Å². The summed E-state index contributed by atoms with van der Waals surface area (Å²) in [7, 11) is 0. The lowest BCUT2D eigenvalue weighted by Crippen LogP contribution is -1.75. The van der Waals surface area contributed by atoms with E-state index in [1.807, 2.05) is 36.4 Å². The average molecular weight is 301 g/mol. The first-order valence-corrected chi connectivity index (χ1v) is 6.30. The van der Waals surface area contributed by atoms with E-state index in [2.05, 4.69) is 15.9 Å². The van der Waals surface area contributed by atoms with E-state index in [0.29, 0.717) is 5.56 Å². The maximum absolute atomic E-state index is 10.7. The molecule has 0 saturated heterocycles. The number of rotatable bonds is 2. The Hall–Kier alpha value is -1.87. The van der Waals surface area contributed by atoms with Crippen molar-refractivity contribution in [2.45, 2.75) is 0 Å². The highest BCUT2D eigenvalue weighted by atomic mass is 79.9. The van der Waals surface area contributed by atoms with E-state index >= 15 is 0 Å². The summed E-state index contributed by atoms with van der Waals surface area (Å²) in [6.07, 6.45) is 0.821. The van der Waals surface area contributed by atoms with E-state index in [0.717, 1.165) is 33.1 Å². The molecule has 0 atom stereocenters. The number of fused-ring (bicyclic) bond motifs is 1. The summed E-state index contributed by atoms with van der Waals surface area (Å²) < 4.78 is 6.80. The number of hydrogen-bond acceptors (Lipinski definition) is 2. The molecule has 0 aliphatic heterocycles. The zero-order chi connectivity index (χ0) is 12.5. The van der Waals surface area contributed by atoms with Gasteiger partial charge in [0.25, 0.3) is 0 Å². The molecule has 0 spiro atoms. The van der Waals surface area contributed by atoms with Crippen molar-refractivity contribution >= 4 is 33.2 Å². The quantitative estimate of drug-likeness (QED) is 0.644. The van der Waals surface area contributed by atoms with Crippen LogP contribution < -0.4 is 0 Å². The van der Waals surface area contributed by atoms with Crippen LogP contribution in [0, 0.1) is 0 Å². The van der Waals surface area contributed by atoms with E-state index in [4.69, 9.17) is 4.42 Å². The molecule has 3 rings (SSSR count). The van der Waals surface area contributed by atoms with Crippen LogP contribution in [-0.2, 0) is 0 Å². The maximum Gasteiger partial charge on any atom is 0.150 e. The fourth-order valence-electron chi connectivity index (χ4n) is 1.88. The van der Waals surface area contributed by atoms with E-state index < -0.39 is 0 Å². The minimum Gasteiger partial charge on any atom is -0.456 e. The highest BCUT2D eigenvalue weighted by molar-refractivity contribution is 9.10. The van der Waals surface area contributed by atoms with Gasteiger partial charge in [0.05, 0.1) is 0 Å². The molecule has 3 aromatic rings. The molecule has 0 bridgehead atoms. The third kappa shape index (κ3) is 1.97. The molecule has 0 aliphatic rings. The molecule has 18 heavy (non-hydrogen) atoms. The van der Waals surface area contributed by atoms with E-state index in [1.54, 1.807) is 12.1 Å². The number of hydrogen-bond donors (Lipinski definition) is 0. The molecule has 0 N–H and O–H groups in total. The molecule has 88 valence electrons. The van der Waals surface area contributed by atoms with E-state index in [1.165, 1.54) is 0 Å². The Morgan fingerprint density at radius 2 is 1.78 bits per heavy atom. The van der Waals surface area contributed by atoms with Crippen LogP contribution in [-0.4, -0.2) is 6.29 Å². The molecule has 0 saturated carbocycles. The fourth-order valence-corrected chi connectivity index (χ4v) is 2.14. The molecule has 1 aromatic heterocycles. The number of aldehydes is 1. The predicted molar refractivity (Wildman–Crippen MR) is 74.7 cm³/mol. The molecule has 0 amide bonds. The highest BCUT2D eigenvalue weighted by Crippen LogP contribution is 2.29. The van der Waals surface area contributed by atoms with Gasteiger partial charge < -0.3 is 4.42 Å². The Morgan fingerprint density at radius 1 is 1.00 bits per heavy atom. The molecule has 0 fully saturated rings. The van der Waals surface area contributed by atoms with Gasteiger partial charge in [-0.1, -0.05) is 40.2 Å². The van der Waals surface area contributed by atoms with Crippen molar-refractivity contribution in [1.29, 1.82) is 0 Å². The summed E-state index contributed by atoms with van der Waals surface area (Å²) in [4.78, 5) is 10.7. The lowest BCUT2D eigenvalue weighted by atomic mass is 10.1. The van der Waals surface area contributed by atoms with Crippen LogP contribution in [0.4, 0.5) is 0 Å². The van der Waals surface area contributed by atoms with Gasteiger partial charge in [0.15, 0.2) is 0 Å². The number of furan rings is 1. The van der Waals surface area contributed by atoms with Crippen LogP contribution in [0.1, 0.15) is 10.4 Å². The van der Waals surface area contributed by atoms with Gasteiger partial charge in [0.1, 0.15) is 17.6 Å². The molecular weight excluding hydrogens is 292 g/mol. The fraction of sp³-hybridized carbons (Fsp3) is 0. The first-order valence-electron chi connectivity index (χ1n) is 5.51. The van der Waals surface area contributed by atoms with Crippen molar-refractivity contribution in [3.05, 3.63) is 58.6 Å². The van der Waals surface area contributed by atoms with Crippen LogP contribution in [0.3, 0.4) is 0 Å². The summed E-state index contributed by atoms with van der Waals surface area (Å²) in [5.74, 6) is 0.806. The maximum atomic E-state index is 10.7. The molecule has 0 aliphatic carbocycles. The van der Waals surface area contributed by atoms with Crippen molar-refractivity contribution < 1.29 is 9.21 Å². The second-order valence-electron chi connectivity index (χ2n) is 4.03. The Labute approximate surface area is 112 Å². The predicted octanol–water partition coefficient (Wildman–Crippen LogP) is 4.67. The van der Waals surface area contributed by atoms with Crippen molar-refractivity contribution in [3.8, 4) is 11.3 Å². The second-order valence-corrected chi connectivity index (χ2v) is 4.95. The Bertz CT molecular complexity index is 711. The van der Waals surface area contributed by atoms with Crippen LogP contribution in [0.5, 0.6) is 0 Å². The minimum absolute atomic E-state index is 0.624. The van der Waals surface area contributed by atoms with Crippen LogP contribution >= 0.6 is 15.9 Å². The van der Waals surface area contributed by atoms with Crippen molar-refractivity contribution in [3.63, 3.8) is 0 Å². The number of halogens is 1. The Kier molecular flexibility index (Phi) is 2.76. The third-order valence-corrected chi connectivity index (χ3v) is 3.34.